The van der Waals surface area contributed by atoms with E-state index in [1.54, 1.807) is 19.2 Å². The van der Waals surface area contributed by atoms with Crippen molar-refractivity contribution in [2.75, 3.05) is 51.3 Å². The zero-order valence-electron chi connectivity index (χ0n) is 15.0. The number of aliphatic hydroxyl groups excluding tert-OH is 1. The number of benzene rings is 2. The molecule has 3 rings (SSSR count). The van der Waals surface area contributed by atoms with Crippen LogP contribution in [0.25, 0.3) is 0 Å². The minimum Gasteiger partial charge on any atom is -0.495 e. The van der Waals surface area contributed by atoms with E-state index in [0.717, 1.165) is 37.6 Å². The average Bonchev–Trinajstić information content (AvgIpc) is 2.68. The van der Waals surface area contributed by atoms with Gasteiger partial charge in [-0.25, -0.2) is 0 Å². The van der Waals surface area contributed by atoms with E-state index in [-0.39, 0.29) is 6.61 Å². The van der Waals surface area contributed by atoms with Crippen LogP contribution in [0.2, 0.25) is 5.02 Å². The van der Waals surface area contributed by atoms with Crippen LogP contribution >= 0.6 is 11.6 Å². The summed E-state index contributed by atoms with van der Waals surface area (Å²) in [5.74, 6) is 1.50. The molecule has 1 N–H and O–H groups in total. The molecule has 5 nitrogen and oxygen atoms in total. The van der Waals surface area contributed by atoms with Crippen molar-refractivity contribution in [1.82, 2.24) is 4.90 Å². The molecule has 6 heteroatoms. The molecule has 0 spiro atoms. The normalized spacial score (nSPS) is 16.3. The first-order chi connectivity index (χ1) is 12.7. The van der Waals surface area contributed by atoms with Gasteiger partial charge in [-0.3, -0.25) is 4.90 Å². The highest BCUT2D eigenvalue weighted by Gasteiger charge is 2.21. The fourth-order valence-electron chi connectivity index (χ4n) is 3.16. The van der Waals surface area contributed by atoms with Crippen LogP contribution in [0.4, 0.5) is 5.69 Å². The summed E-state index contributed by atoms with van der Waals surface area (Å²) in [7, 11) is 1.70. The van der Waals surface area contributed by atoms with E-state index in [0.29, 0.717) is 17.3 Å². The quantitative estimate of drug-likeness (QED) is 0.805. The Kier molecular flexibility index (Phi) is 6.61. The van der Waals surface area contributed by atoms with Crippen molar-refractivity contribution in [3.8, 4) is 11.5 Å². The molecular formula is C20H25ClN2O3. The minimum atomic E-state index is -0.552. The first-order valence-corrected chi connectivity index (χ1v) is 9.21. The van der Waals surface area contributed by atoms with Crippen molar-refractivity contribution in [2.45, 2.75) is 6.10 Å². The Labute approximate surface area is 159 Å². The van der Waals surface area contributed by atoms with Gasteiger partial charge < -0.3 is 19.5 Å². The lowest BCUT2D eigenvalue weighted by atomic mass is 10.2. The first-order valence-electron chi connectivity index (χ1n) is 8.83. The number of nitrogens with zero attached hydrogens (tertiary/aromatic N) is 2. The van der Waals surface area contributed by atoms with Gasteiger partial charge in [-0.15, -0.1) is 0 Å². The summed E-state index contributed by atoms with van der Waals surface area (Å²) in [6, 6.07) is 15.4. The van der Waals surface area contributed by atoms with Gasteiger partial charge in [0.25, 0.3) is 0 Å². The smallest absolute Gasteiger partial charge is 0.142 e. The van der Waals surface area contributed by atoms with Crippen molar-refractivity contribution in [3.63, 3.8) is 0 Å². The number of methoxy groups -OCH3 is 1. The summed E-state index contributed by atoms with van der Waals surface area (Å²) >= 11 is 6.07. The molecule has 140 valence electrons. The van der Waals surface area contributed by atoms with E-state index in [1.807, 2.05) is 30.3 Å². The predicted octanol–water partition coefficient (Wildman–Crippen LogP) is 2.91. The molecule has 1 fully saturated rings. The van der Waals surface area contributed by atoms with Crippen LogP contribution in [0, 0.1) is 0 Å². The number of anilines is 1. The van der Waals surface area contributed by atoms with Crippen LogP contribution in [0.15, 0.2) is 48.5 Å². The second kappa shape index (κ2) is 9.12. The Bertz CT molecular complexity index is 705. The number of para-hydroxylation sites is 3. The monoisotopic (exact) mass is 376 g/mol. The molecule has 1 heterocycles. The topological polar surface area (TPSA) is 45.2 Å². The van der Waals surface area contributed by atoms with Gasteiger partial charge in [0.1, 0.15) is 24.2 Å². The molecule has 1 aliphatic rings. The predicted molar refractivity (Wildman–Crippen MR) is 105 cm³/mol. The number of rotatable bonds is 7. The van der Waals surface area contributed by atoms with Crippen LogP contribution in [-0.4, -0.2) is 62.6 Å². The summed E-state index contributed by atoms with van der Waals surface area (Å²) in [4.78, 5) is 4.58. The second-order valence-electron chi connectivity index (χ2n) is 6.35. The van der Waals surface area contributed by atoms with Crippen molar-refractivity contribution >= 4 is 17.3 Å². The molecule has 2 aromatic carbocycles. The standard InChI is InChI=1S/C20H25ClN2O3/c1-25-20-9-5-3-7-18(20)23-12-10-22(11-13-23)14-16(24)15-26-19-8-4-2-6-17(19)21/h2-9,16,24H,10-15H2,1H3/t16-/m1/s1. The number of halogens is 1. The van der Waals surface area contributed by atoms with Crippen molar-refractivity contribution in [3.05, 3.63) is 53.6 Å². The van der Waals surface area contributed by atoms with Gasteiger partial charge in [0, 0.05) is 32.7 Å². The van der Waals surface area contributed by atoms with Gasteiger partial charge >= 0.3 is 0 Å². The molecular weight excluding hydrogens is 352 g/mol. The van der Waals surface area contributed by atoms with Gasteiger partial charge in [0.2, 0.25) is 0 Å². The summed E-state index contributed by atoms with van der Waals surface area (Å²) in [6.45, 7) is 4.40. The van der Waals surface area contributed by atoms with Crippen LogP contribution < -0.4 is 14.4 Å². The first kappa shape index (κ1) is 18.8. The highest BCUT2D eigenvalue weighted by atomic mass is 35.5. The third kappa shape index (κ3) is 4.81. The van der Waals surface area contributed by atoms with Gasteiger partial charge in [-0.2, -0.15) is 0 Å². The second-order valence-corrected chi connectivity index (χ2v) is 6.76. The molecule has 0 aromatic heterocycles. The number of ether oxygens (including phenoxy) is 2. The van der Waals surface area contributed by atoms with E-state index >= 15 is 0 Å². The van der Waals surface area contributed by atoms with E-state index in [4.69, 9.17) is 21.1 Å². The maximum atomic E-state index is 10.3. The zero-order chi connectivity index (χ0) is 18.4. The molecule has 0 radical (unpaired) electrons. The van der Waals surface area contributed by atoms with Crippen LogP contribution in [0.1, 0.15) is 0 Å². The Morgan fingerprint density at radius 3 is 2.35 bits per heavy atom. The molecule has 0 unspecified atom stereocenters. The SMILES string of the molecule is COc1ccccc1N1CCN(C[C@@H](O)COc2ccccc2Cl)CC1. The lowest BCUT2D eigenvalue weighted by Crippen LogP contribution is -2.49. The maximum Gasteiger partial charge on any atom is 0.142 e. The number of β-amino-alcohol motifs (C(OH)–C–C–N with tert-alkyl or cyclic N) is 1. The van der Waals surface area contributed by atoms with Crippen LogP contribution in [0.5, 0.6) is 11.5 Å². The molecule has 2 aromatic rings. The summed E-state index contributed by atoms with van der Waals surface area (Å²) in [5, 5.41) is 10.8. The van der Waals surface area contributed by atoms with Crippen molar-refractivity contribution in [2.24, 2.45) is 0 Å². The molecule has 0 aliphatic carbocycles. The number of hydrogen-bond donors (Lipinski definition) is 1. The van der Waals surface area contributed by atoms with E-state index < -0.39 is 6.10 Å². The molecule has 1 saturated heterocycles. The summed E-state index contributed by atoms with van der Waals surface area (Å²) in [5.41, 5.74) is 1.12. The van der Waals surface area contributed by atoms with E-state index in [1.165, 1.54) is 0 Å². The molecule has 0 bridgehead atoms. The highest BCUT2D eigenvalue weighted by molar-refractivity contribution is 6.32. The fourth-order valence-corrected chi connectivity index (χ4v) is 3.35. The Morgan fingerprint density at radius 1 is 1.00 bits per heavy atom. The van der Waals surface area contributed by atoms with Gasteiger partial charge in [-0.1, -0.05) is 35.9 Å². The van der Waals surface area contributed by atoms with Gasteiger partial charge in [0.05, 0.1) is 17.8 Å². The third-order valence-corrected chi connectivity index (χ3v) is 4.85. The number of hydrogen-bond acceptors (Lipinski definition) is 5. The lowest BCUT2D eigenvalue weighted by molar-refractivity contribution is 0.0663. The highest BCUT2D eigenvalue weighted by Crippen LogP contribution is 2.28. The number of aliphatic hydroxyl groups is 1. The lowest BCUT2D eigenvalue weighted by Gasteiger charge is -2.37. The van der Waals surface area contributed by atoms with Crippen LogP contribution in [0.3, 0.4) is 0 Å². The average molecular weight is 377 g/mol. The summed E-state index contributed by atoms with van der Waals surface area (Å²) in [6.07, 6.45) is -0.552. The molecule has 0 amide bonds. The molecule has 1 aliphatic heterocycles. The van der Waals surface area contributed by atoms with Gasteiger partial charge in [0.15, 0.2) is 0 Å². The zero-order valence-corrected chi connectivity index (χ0v) is 15.7. The molecule has 26 heavy (non-hydrogen) atoms. The minimum absolute atomic E-state index is 0.233. The molecule has 1 atom stereocenters. The number of piperazine rings is 1. The molecule has 0 saturated carbocycles. The largest absolute Gasteiger partial charge is 0.495 e. The van der Waals surface area contributed by atoms with Gasteiger partial charge in [-0.05, 0) is 24.3 Å². The Morgan fingerprint density at radius 2 is 1.65 bits per heavy atom. The fraction of sp³-hybridized carbons (Fsp3) is 0.400. The van der Waals surface area contributed by atoms with Crippen molar-refractivity contribution < 1.29 is 14.6 Å². The maximum absolute atomic E-state index is 10.3. The van der Waals surface area contributed by atoms with E-state index in [9.17, 15) is 5.11 Å². The van der Waals surface area contributed by atoms with E-state index in [2.05, 4.69) is 15.9 Å². The van der Waals surface area contributed by atoms with Crippen molar-refractivity contribution in [1.29, 1.82) is 0 Å². The Balaban J connectivity index is 1.45. The van der Waals surface area contributed by atoms with Crippen LogP contribution in [-0.2, 0) is 0 Å². The summed E-state index contributed by atoms with van der Waals surface area (Å²) < 4.78 is 11.1. The Hall–Kier alpha value is -1.95. The third-order valence-electron chi connectivity index (χ3n) is 4.53.